The molecule has 0 unspecified atom stereocenters. The Bertz CT molecular complexity index is 248. The maximum atomic E-state index is 11.2. The summed E-state index contributed by atoms with van der Waals surface area (Å²) in [6.45, 7) is 2.69. The molecule has 0 spiro atoms. The normalized spacial score (nSPS) is 15.2. The first-order chi connectivity index (χ1) is 6.24. The van der Waals surface area contributed by atoms with Crippen LogP contribution in [0.5, 0.6) is 0 Å². The smallest absolute Gasteiger partial charge is 0.268 e. The predicted molar refractivity (Wildman–Crippen MR) is 48.1 cm³/mol. The quantitative estimate of drug-likeness (QED) is 0.591. The van der Waals surface area contributed by atoms with Gasteiger partial charge in [0.2, 0.25) is 5.91 Å². The van der Waals surface area contributed by atoms with E-state index in [1.807, 2.05) is 6.92 Å². The van der Waals surface area contributed by atoms with Crippen LogP contribution in [0.3, 0.4) is 0 Å². The molecular formula is C8H13N3O2. The topological polar surface area (TPSA) is 70.6 Å². The lowest BCUT2D eigenvalue weighted by atomic mass is 10.2. The van der Waals surface area contributed by atoms with Crippen LogP contribution in [0.1, 0.15) is 26.2 Å². The summed E-state index contributed by atoms with van der Waals surface area (Å²) in [5.41, 5.74) is 2.51. The van der Waals surface area contributed by atoms with Crippen LogP contribution in [-0.4, -0.2) is 24.1 Å². The van der Waals surface area contributed by atoms with Crippen molar-refractivity contribution in [1.82, 2.24) is 10.7 Å². The maximum Gasteiger partial charge on any atom is 0.268 e. The fourth-order valence-corrected chi connectivity index (χ4v) is 0.973. The van der Waals surface area contributed by atoms with Gasteiger partial charge in [0.05, 0.1) is 6.42 Å². The van der Waals surface area contributed by atoms with Gasteiger partial charge in [-0.05, 0) is 6.42 Å². The molecule has 0 aromatic carbocycles. The molecule has 0 saturated carbocycles. The van der Waals surface area contributed by atoms with Crippen LogP contribution in [0, 0.1) is 0 Å². The van der Waals surface area contributed by atoms with Gasteiger partial charge in [0.1, 0.15) is 5.71 Å². The third kappa shape index (κ3) is 2.85. The summed E-state index contributed by atoms with van der Waals surface area (Å²) < 4.78 is 0. The number of rotatable bonds is 4. The van der Waals surface area contributed by atoms with E-state index in [-0.39, 0.29) is 23.9 Å². The van der Waals surface area contributed by atoms with Crippen LogP contribution in [0.2, 0.25) is 0 Å². The van der Waals surface area contributed by atoms with E-state index in [0.29, 0.717) is 6.54 Å². The number of nitrogens with zero attached hydrogens (tertiary/aromatic N) is 1. The lowest BCUT2D eigenvalue weighted by Gasteiger charge is -2.01. The summed E-state index contributed by atoms with van der Waals surface area (Å²) in [6, 6.07) is 0. The zero-order valence-corrected chi connectivity index (χ0v) is 7.59. The second-order valence-electron chi connectivity index (χ2n) is 2.88. The molecule has 0 aromatic heterocycles. The Morgan fingerprint density at radius 3 is 3.00 bits per heavy atom. The number of nitrogens with one attached hydrogen (secondary N) is 2. The van der Waals surface area contributed by atoms with Crippen molar-refractivity contribution in [2.75, 3.05) is 6.54 Å². The molecule has 1 aliphatic rings. The van der Waals surface area contributed by atoms with Crippen molar-refractivity contribution < 1.29 is 9.59 Å². The first-order valence-electron chi connectivity index (χ1n) is 4.37. The molecule has 0 atom stereocenters. The van der Waals surface area contributed by atoms with E-state index in [4.69, 9.17) is 0 Å². The number of amides is 2. The fraction of sp³-hybridized carbons (Fsp3) is 0.625. The lowest BCUT2D eigenvalue weighted by molar-refractivity contribution is -0.120. The highest BCUT2D eigenvalue weighted by atomic mass is 16.2. The lowest BCUT2D eigenvalue weighted by Crippen LogP contribution is -2.31. The molecular weight excluding hydrogens is 170 g/mol. The standard InChI is InChI=1S/C8H13N3O2/c1-2-3-4-9-8(13)6-5-7(12)11-10-6/h2-5H2,1H3,(H,9,13)(H,11,12). The third-order valence-electron chi connectivity index (χ3n) is 1.72. The minimum atomic E-state index is -0.244. The monoisotopic (exact) mass is 183 g/mol. The van der Waals surface area contributed by atoms with Crippen LogP contribution in [0.15, 0.2) is 5.10 Å². The van der Waals surface area contributed by atoms with E-state index >= 15 is 0 Å². The van der Waals surface area contributed by atoms with Gasteiger partial charge in [-0.25, -0.2) is 5.43 Å². The Hall–Kier alpha value is -1.39. The number of carbonyl (C=O) groups excluding carboxylic acids is 2. The summed E-state index contributed by atoms with van der Waals surface area (Å²) in [7, 11) is 0. The molecule has 0 saturated heterocycles. The SMILES string of the molecule is CCCCNC(=O)C1=NNC(=O)C1. The van der Waals surface area contributed by atoms with Gasteiger partial charge in [-0.2, -0.15) is 5.10 Å². The molecule has 2 amide bonds. The van der Waals surface area contributed by atoms with Crippen LogP contribution < -0.4 is 10.7 Å². The minimum Gasteiger partial charge on any atom is -0.351 e. The van der Waals surface area contributed by atoms with Gasteiger partial charge < -0.3 is 5.32 Å². The van der Waals surface area contributed by atoms with Gasteiger partial charge >= 0.3 is 0 Å². The Kier molecular flexibility index (Phi) is 3.42. The molecule has 1 heterocycles. The van der Waals surface area contributed by atoms with Crippen molar-refractivity contribution in [2.24, 2.45) is 5.10 Å². The zero-order valence-electron chi connectivity index (χ0n) is 7.59. The summed E-state index contributed by atoms with van der Waals surface area (Å²) in [5, 5.41) is 6.28. The molecule has 0 fully saturated rings. The Morgan fingerprint density at radius 1 is 1.69 bits per heavy atom. The van der Waals surface area contributed by atoms with Crippen LogP contribution in [0.25, 0.3) is 0 Å². The molecule has 0 bridgehead atoms. The van der Waals surface area contributed by atoms with Crippen LogP contribution in [0.4, 0.5) is 0 Å². The highest BCUT2D eigenvalue weighted by molar-refractivity contribution is 6.43. The van der Waals surface area contributed by atoms with Gasteiger partial charge in [-0.15, -0.1) is 0 Å². The molecule has 5 heteroatoms. The maximum absolute atomic E-state index is 11.2. The Morgan fingerprint density at radius 2 is 2.46 bits per heavy atom. The molecule has 2 N–H and O–H groups in total. The first-order valence-corrected chi connectivity index (χ1v) is 4.37. The Balaban J connectivity index is 2.28. The number of hydrogen-bond acceptors (Lipinski definition) is 3. The van der Waals surface area contributed by atoms with Crippen molar-refractivity contribution >= 4 is 17.5 Å². The minimum absolute atomic E-state index is 0.0952. The van der Waals surface area contributed by atoms with Gasteiger partial charge in [0.15, 0.2) is 0 Å². The van der Waals surface area contributed by atoms with Crippen molar-refractivity contribution in [3.8, 4) is 0 Å². The largest absolute Gasteiger partial charge is 0.351 e. The summed E-state index contributed by atoms with van der Waals surface area (Å²) in [5.74, 6) is -0.465. The molecule has 0 radical (unpaired) electrons. The van der Waals surface area contributed by atoms with Gasteiger partial charge in [0, 0.05) is 6.54 Å². The molecule has 13 heavy (non-hydrogen) atoms. The van der Waals surface area contributed by atoms with E-state index in [1.165, 1.54) is 0 Å². The number of hydrazone groups is 1. The first kappa shape index (κ1) is 9.70. The molecule has 0 aliphatic carbocycles. The fourth-order valence-electron chi connectivity index (χ4n) is 0.973. The summed E-state index contributed by atoms with van der Waals surface area (Å²) >= 11 is 0. The molecule has 0 aromatic rings. The third-order valence-corrected chi connectivity index (χ3v) is 1.72. The zero-order chi connectivity index (χ0) is 9.68. The average molecular weight is 183 g/mol. The average Bonchev–Trinajstić information content (AvgIpc) is 2.52. The van der Waals surface area contributed by atoms with Crippen molar-refractivity contribution in [1.29, 1.82) is 0 Å². The number of hydrogen-bond donors (Lipinski definition) is 2. The summed E-state index contributed by atoms with van der Waals surface area (Å²) in [4.78, 5) is 21.9. The second-order valence-corrected chi connectivity index (χ2v) is 2.88. The number of unbranched alkanes of at least 4 members (excludes halogenated alkanes) is 1. The molecule has 1 aliphatic heterocycles. The van der Waals surface area contributed by atoms with E-state index in [0.717, 1.165) is 12.8 Å². The van der Waals surface area contributed by atoms with Crippen LogP contribution in [-0.2, 0) is 9.59 Å². The highest BCUT2D eigenvalue weighted by Gasteiger charge is 2.20. The summed E-state index contributed by atoms with van der Waals surface area (Å²) in [6.07, 6.45) is 2.07. The van der Waals surface area contributed by atoms with E-state index in [9.17, 15) is 9.59 Å². The van der Waals surface area contributed by atoms with E-state index in [2.05, 4.69) is 15.8 Å². The molecule has 72 valence electrons. The van der Waals surface area contributed by atoms with Gasteiger partial charge in [-0.3, -0.25) is 9.59 Å². The van der Waals surface area contributed by atoms with Crippen molar-refractivity contribution in [3.05, 3.63) is 0 Å². The van der Waals surface area contributed by atoms with Gasteiger partial charge in [-0.1, -0.05) is 13.3 Å². The number of carbonyl (C=O) groups is 2. The van der Waals surface area contributed by atoms with Crippen molar-refractivity contribution in [2.45, 2.75) is 26.2 Å². The molecule has 5 nitrogen and oxygen atoms in total. The van der Waals surface area contributed by atoms with Crippen LogP contribution >= 0.6 is 0 Å². The Labute approximate surface area is 76.6 Å². The van der Waals surface area contributed by atoms with Gasteiger partial charge in [0.25, 0.3) is 5.91 Å². The van der Waals surface area contributed by atoms with E-state index in [1.54, 1.807) is 0 Å². The van der Waals surface area contributed by atoms with E-state index < -0.39 is 0 Å². The molecule has 1 rings (SSSR count). The predicted octanol–water partition coefficient (Wildman–Crippen LogP) is -0.221. The highest BCUT2D eigenvalue weighted by Crippen LogP contribution is 1.95. The van der Waals surface area contributed by atoms with Crippen molar-refractivity contribution in [3.63, 3.8) is 0 Å². The second kappa shape index (κ2) is 4.59.